The van der Waals surface area contributed by atoms with E-state index >= 15 is 0 Å². The van der Waals surface area contributed by atoms with Crippen molar-refractivity contribution >= 4 is 33.7 Å². The van der Waals surface area contributed by atoms with Crippen LogP contribution in [0.15, 0.2) is 30.3 Å². The van der Waals surface area contributed by atoms with Gasteiger partial charge in [-0.3, -0.25) is 14.4 Å². The number of alkyl halides is 1. The Bertz CT molecular complexity index is 743. The van der Waals surface area contributed by atoms with E-state index in [9.17, 15) is 14.4 Å². The fourth-order valence-electron chi connectivity index (χ4n) is 4.60. The molecule has 2 saturated carbocycles. The molecule has 0 spiro atoms. The van der Waals surface area contributed by atoms with Crippen molar-refractivity contribution < 1.29 is 23.9 Å². The molecule has 0 amide bonds. The monoisotopic (exact) mass is 406 g/mol. The van der Waals surface area contributed by atoms with Crippen LogP contribution in [0.5, 0.6) is 0 Å². The quantitative estimate of drug-likeness (QED) is 0.436. The molecule has 0 N–H and O–H groups in total. The van der Waals surface area contributed by atoms with Crippen LogP contribution in [-0.4, -0.2) is 34.3 Å². The number of carbonyl (C=O) groups excluding carboxylic acids is 3. The van der Waals surface area contributed by atoms with Crippen LogP contribution in [0, 0.1) is 23.7 Å². The maximum atomic E-state index is 12.9. The van der Waals surface area contributed by atoms with Crippen LogP contribution in [0.2, 0.25) is 0 Å². The molecule has 0 unspecified atom stereocenters. The number of fused-ring (bicyclic) bond motifs is 1. The molecule has 1 aliphatic heterocycles. The van der Waals surface area contributed by atoms with Gasteiger partial charge in [-0.25, -0.2) is 0 Å². The van der Waals surface area contributed by atoms with Crippen LogP contribution in [0.25, 0.3) is 0 Å². The lowest BCUT2D eigenvalue weighted by atomic mass is 9.80. The highest BCUT2D eigenvalue weighted by Gasteiger charge is 2.68. The molecule has 3 fully saturated rings. The first-order valence-electron chi connectivity index (χ1n) is 8.48. The van der Waals surface area contributed by atoms with E-state index in [1.54, 1.807) is 38.1 Å². The molecular weight excluding hydrogens is 388 g/mol. The molecule has 2 aliphatic carbocycles. The maximum absolute atomic E-state index is 12.9. The summed E-state index contributed by atoms with van der Waals surface area (Å²) in [5, 5.41) is 0. The summed E-state index contributed by atoms with van der Waals surface area (Å²) in [6, 6.07) is 8.76. The summed E-state index contributed by atoms with van der Waals surface area (Å²) >= 11 is 3.58. The number of rotatable bonds is 4. The highest BCUT2D eigenvalue weighted by atomic mass is 79.9. The molecule has 4 rings (SSSR count). The van der Waals surface area contributed by atoms with Crippen LogP contribution in [0.3, 0.4) is 0 Å². The minimum absolute atomic E-state index is 0.0153. The zero-order chi connectivity index (χ0) is 17.9. The summed E-state index contributed by atoms with van der Waals surface area (Å²) in [5.41, 5.74) is -0.795. The third-order valence-corrected chi connectivity index (χ3v) is 6.93. The first-order valence-corrected chi connectivity index (χ1v) is 9.40. The topological polar surface area (TPSA) is 69.7 Å². The van der Waals surface area contributed by atoms with Crippen molar-refractivity contribution in [3.05, 3.63) is 35.9 Å². The van der Waals surface area contributed by atoms with E-state index in [0.29, 0.717) is 5.56 Å². The zero-order valence-corrected chi connectivity index (χ0v) is 15.6. The Morgan fingerprint density at radius 1 is 1.20 bits per heavy atom. The van der Waals surface area contributed by atoms with Gasteiger partial charge in [0.1, 0.15) is 6.10 Å². The molecule has 1 heterocycles. The fraction of sp³-hybridized carbons (Fsp3) is 0.526. The number of hydrogen-bond acceptors (Lipinski definition) is 5. The third kappa shape index (κ3) is 2.45. The Hall–Kier alpha value is -1.69. The van der Waals surface area contributed by atoms with Gasteiger partial charge in [-0.1, -0.05) is 46.3 Å². The Balaban J connectivity index is 1.54. The van der Waals surface area contributed by atoms with Gasteiger partial charge in [-0.15, -0.1) is 0 Å². The van der Waals surface area contributed by atoms with Crippen LogP contribution >= 0.6 is 15.9 Å². The Morgan fingerprint density at radius 3 is 2.56 bits per heavy atom. The lowest BCUT2D eigenvalue weighted by Crippen LogP contribution is -2.44. The van der Waals surface area contributed by atoms with Crippen LogP contribution < -0.4 is 0 Å². The second-order valence-electron chi connectivity index (χ2n) is 7.59. The number of carbonyl (C=O) groups is 3. The summed E-state index contributed by atoms with van der Waals surface area (Å²) in [6.45, 7) is 3.18. The summed E-state index contributed by atoms with van der Waals surface area (Å²) in [6.07, 6.45) is 0.648. The van der Waals surface area contributed by atoms with Gasteiger partial charge < -0.3 is 9.47 Å². The predicted molar refractivity (Wildman–Crippen MR) is 92.1 cm³/mol. The molecule has 1 aromatic rings. The van der Waals surface area contributed by atoms with Crippen molar-refractivity contribution in [3.8, 4) is 0 Å². The summed E-state index contributed by atoms with van der Waals surface area (Å²) in [5.74, 6) is -1.93. The number of esters is 2. The molecule has 6 heteroatoms. The first kappa shape index (κ1) is 16.8. The van der Waals surface area contributed by atoms with Gasteiger partial charge in [-0.2, -0.15) is 0 Å². The molecule has 2 bridgehead atoms. The molecule has 1 aromatic carbocycles. The molecule has 0 aromatic heterocycles. The second-order valence-corrected chi connectivity index (χ2v) is 8.64. The first-order chi connectivity index (χ1) is 11.8. The van der Waals surface area contributed by atoms with Crippen LogP contribution in [-0.2, 0) is 19.1 Å². The van der Waals surface area contributed by atoms with E-state index < -0.39 is 23.4 Å². The summed E-state index contributed by atoms with van der Waals surface area (Å²) in [4.78, 5) is 37.7. The van der Waals surface area contributed by atoms with E-state index in [1.165, 1.54) is 0 Å². The van der Waals surface area contributed by atoms with E-state index in [-0.39, 0.29) is 34.5 Å². The Morgan fingerprint density at radius 2 is 1.88 bits per heavy atom. The Labute approximate surface area is 154 Å². The van der Waals surface area contributed by atoms with Gasteiger partial charge in [0.25, 0.3) is 0 Å². The minimum atomic E-state index is -1.29. The number of Topliss-reactive ketones (excluding diaryl/α,β-unsaturated/α-hetero) is 1. The smallest absolute Gasteiger partial charge is 0.311 e. The number of hydrogen-bond donors (Lipinski definition) is 0. The van der Waals surface area contributed by atoms with Gasteiger partial charge in [-0.05, 0) is 26.2 Å². The number of ketones is 1. The second kappa shape index (κ2) is 5.66. The highest BCUT2D eigenvalue weighted by Crippen LogP contribution is 2.60. The molecule has 3 aliphatic rings. The van der Waals surface area contributed by atoms with Crippen LogP contribution in [0.4, 0.5) is 0 Å². The molecule has 5 nitrogen and oxygen atoms in total. The van der Waals surface area contributed by atoms with Crippen LogP contribution in [0.1, 0.15) is 30.6 Å². The van der Waals surface area contributed by atoms with E-state index in [0.717, 1.165) is 6.42 Å². The van der Waals surface area contributed by atoms with E-state index in [2.05, 4.69) is 15.9 Å². The number of benzene rings is 1. The van der Waals surface area contributed by atoms with E-state index in [1.807, 2.05) is 6.07 Å². The Kier molecular flexibility index (Phi) is 3.79. The van der Waals surface area contributed by atoms with Crippen molar-refractivity contribution in [2.75, 3.05) is 0 Å². The van der Waals surface area contributed by atoms with Gasteiger partial charge >= 0.3 is 11.9 Å². The highest BCUT2D eigenvalue weighted by molar-refractivity contribution is 9.09. The number of halogens is 1. The molecule has 25 heavy (non-hydrogen) atoms. The lowest BCUT2D eigenvalue weighted by Gasteiger charge is -2.31. The minimum Gasteiger partial charge on any atom is -0.461 e. The van der Waals surface area contributed by atoms with E-state index in [4.69, 9.17) is 9.47 Å². The van der Waals surface area contributed by atoms with Crippen molar-refractivity contribution in [1.82, 2.24) is 0 Å². The summed E-state index contributed by atoms with van der Waals surface area (Å²) in [7, 11) is 0. The maximum Gasteiger partial charge on any atom is 0.311 e. The normalized spacial score (nSPS) is 35.6. The zero-order valence-electron chi connectivity index (χ0n) is 14.0. The SMILES string of the molecule is CC(C)(OC(=O)[C@@H]1[C@H]2C[C@H]3[C@H](OC(=O)[C@H]31)[C@@H]2Br)C(=O)c1ccccc1. The average Bonchev–Trinajstić information content (AvgIpc) is 3.18. The van der Waals surface area contributed by atoms with Crippen molar-refractivity contribution in [1.29, 1.82) is 0 Å². The third-order valence-electron chi connectivity index (χ3n) is 5.73. The molecule has 132 valence electrons. The van der Waals surface area contributed by atoms with Gasteiger partial charge in [0.2, 0.25) is 5.78 Å². The largest absolute Gasteiger partial charge is 0.461 e. The standard InChI is InChI=1S/C19H19BrO5/c1-19(2,16(21)9-6-4-3-5-7-9)25-18(23)12-10-8-11-13(12)17(22)24-15(11)14(10)20/h3-7,10-15H,8H2,1-2H3/t10-,11-,12-,13-,14-,15+/m1/s1. The van der Waals surface area contributed by atoms with Gasteiger partial charge in [0.05, 0.1) is 16.7 Å². The molecule has 6 atom stereocenters. The van der Waals surface area contributed by atoms with Gasteiger partial charge in [0, 0.05) is 11.5 Å². The number of ether oxygens (including phenoxy) is 2. The predicted octanol–water partition coefficient (Wildman–Crippen LogP) is 2.76. The van der Waals surface area contributed by atoms with Gasteiger partial charge in [0.15, 0.2) is 5.60 Å². The molecule has 0 radical (unpaired) electrons. The van der Waals surface area contributed by atoms with Crippen molar-refractivity contribution in [3.63, 3.8) is 0 Å². The lowest BCUT2D eigenvalue weighted by molar-refractivity contribution is -0.163. The molecule has 1 saturated heterocycles. The molecular formula is C19H19BrO5. The average molecular weight is 407 g/mol. The van der Waals surface area contributed by atoms with Crippen molar-refractivity contribution in [2.45, 2.75) is 36.8 Å². The summed E-state index contributed by atoms with van der Waals surface area (Å²) < 4.78 is 11.0. The fourth-order valence-corrected chi connectivity index (χ4v) is 5.64. The van der Waals surface area contributed by atoms with Crippen molar-refractivity contribution in [2.24, 2.45) is 23.7 Å².